The van der Waals surface area contributed by atoms with Gasteiger partial charge in [-0.3, -0.25) is 4.90 Å². The van der Waals surface area contributed by atoms with E-state index in [9.17, 15) is 5.11 Å². The minimum absolute atomic E-state index is 0.222. The zero-order valence-corrected chi connectivity index (χ0v) is 18.4. The standard InChI is InChI=1S/C25H34N2O2/c1-23(2)22(24(3,4)25(23,28)19-9-7-6-8-10-19)27-17-15-26(16-18-27)20-11-13-21(29-5)14-12-20/h6-14,22,28H,15-18H2,1-5H3. The van der Waals surface area contributed by atoms with Gasteiger partial charge in [0.2, 0.25) is 0 Å². The van der Waals surface area contributed by atoms with Crippen molar-refractivity contribution in [3.63, 3.8) is 0 Å². The summed E-state index contributed by atoms with van der Waals surface area (Å²) in [6.07, 6.45) is 0. The lowest BCUT2D eigenvalue weighted by Gasteiger charge is -2.72. The van der Waals surface area contributed by atoms with Crippen molar-refractivity contribution in [1.82, 2.24) is 4.90 Å². The molecule has 2 aromatic rings. The Morgan fingerprint density at radius 1 is 0.828 bits per heavy atom. The van der Waals surface area contributed by atoms with E-state index in [0.29, 0.717) is 6.04 Å². The van der Waals surface area contributed by atoms with E-state index in [1.54, 1.807) is 7.11 Å². The molecule has 0 radical (unpaired) electrons. The predicted molar refractivity (Wildman–Crippen MR) is 118 cm³/mol. The van der Waals surface area contributed by atoms with Crippen molar-refractivity contribution < 1.29 is 9.84 Å². The van der Waals surface area contributed by atoms with Crippen LogP contribution in [0.4, 0.5) is 5.69 Å². The number of benzene rings is 2. The molecule has 29 heavy (non-hydrogen) atoms. The molecule has 2 aliphatic rings. The largest absolute Gasteiger partial charge is 0.497 e. The van der Waals surface area contributed by atoms with Gasteiger partial charge in [0, 0.05) is 48.7 Å². The van der Waals surface area contributed by atoms with Crippen molar-refractivity contribution in [3.05, 3.63) is 60.2 Å². The second-order valence-corrected chi connectivity index (χ2v) is 9.64. The first-order valence-corrected chi connectivity index (χ1v) is 10.6. The molecule has 4 heteroatoms. The highest BCUT2D eigenvalue weighted by Crippen LogP contribution is 2.68. The second-order valence-electron chi connectivity index (χ2n) is 9.64. The minimum atomic E-state index is -0.834. The molecule has 1 N–H and O–H groups in total. The Bertz CT molecular complexity index is 821. The third-order valence-electron chi connectivity index (χ3n) is 7.54. The summed E-state index contributed by atoms with van der Waals surface area (Å²) in [6.45, 7) is 12.9. The Labute approximate surface area is 175 Å². The number of hydrogen-bond acceptors (Lipinski definition) is 4. The third-order valence-corrected chi connectivity index (χ3v) is 7.54. The number of ether oxygens (including phenoxy) is 1. The van der Waals surface area contributed by atoms with Crippen LogP contribution < -0.4 is 9.64 Å². The first-order valence-electron chi connectivity index (χ1n) is 10.6. The van der Waals surface area contributed by atoms with Crippen LogP contribution in [-0.4, -0.2) is 49.3 Å². The number of rotatable bonds is 4. The average molecular weight is 395 g/mol. The highest BCUT2D eigenvalue weighted by atomic mass is 16.5. The first kappa shape index (κ1) is 20.2. The summed E-state index contributed by atoms with van der Waals surface area (Å²) in [7, 11) is 1.70. The van der Waals surface area contributed by atoms with E-state index in [2.05, 4.69) is 61.8 Å². The van der Waals surface area contributed by atoms with Crippen LogP contribution in [0.3, 0.4) is 0 Å². The van der Waals surface area contributed by atoms with Gasteiger partial charge in [0.15, 0.2) is 0 Å². The van der Waals surface area contributed by atoms with Crippen LogP contribution >= 0.6 is 0 Å². The van der Waals surface area contributed by atoms with Crippen LogP contribution in [0.1, 0.15) is 33.3 Å². The molecule has 0 amide bonds. The van der Waals surface area contributed by atoms with Gasteiger partial charge < -0.3 is 14.7 Å². The maximum absolute atomic E-state index is 11.9. The van der Waals surface area contributed by atoms with E-state index < -0.39 is 5.60 Å². The molecule has 1 saturated heterocycles. The van der Waals surface area contributed by atoms with E-state index in [-0.39, 0.29) is 10.8 Å². The van der Waals surface area contributed by atoms with Crippen molar-refractivity contribution in [1.29, 1.82) is 0 Å². The molecule has 1 saturated carbocycles. The van der Waals surface area contributed by atoms with E-state index in [1.807, 2.05) is 30.3 Å². The second kappa shape index (κ2) is 7.03. The third kappa shape index (κ3) is 2.88. The van der Waals surface area contributed by atoms with Crippen molar-refractivity contribution in [2.75, 3.05) is 38.2 Å². The fraction of sp³-hybridized carbons (Fsp3) is 0.520. The molecule has 0 bridgehead atoms. The topological polar surface area (TPSA) is 35.9 Å². The number of hydrogen-bond donors (Lipinski definition) is 1. The van der Waals surface area contributed by atoms with Crippen molar-refractivity contribution in [3.8, 4) is 5.75 Å². The van der Waals surface area contributed by atoms with Crippen molar-refractivity contribution in [2.45, 2.75) is 39.3 Å². The van der Waals surface area contributed by atoms with Crippen molar-refractivity contribution >= 4 is 5.69 Å². The average Bonchev–Trinajstić information content (AvgIpc) is 2.74. The smallest absolute Gasteiger partial charge is 0.119 e. The zero-order valence-electron chi connectivity index (χ0n) is 18.4. The fourth-order valence-corrected chi connectivity index (χ4v) is 6.42. The number of aliphatic hydroxyl groups is 1. The van der Waals surface area contributed by atoms with E-state index in [4.69, 9.17) is 4.74 Å². The zero-order chi connectivity index (χ0) is 20.9. The predicted octanol–water partition coefficient (Wildman–Crippen LogP) is 4.14. The normalized spacial score (nSPS) is 28.6. The lowest BCUT2D eigenvalue weighted by Crippen LogP contribution is -2.79. The van der Waals surface area contributed by atoms with Gasteiger partial charge in [-0.05, 0) is 29.8 Å². The molecule has 0 aromatic heterocycles. The minimum Gasteiger partial charge on any atom is -0.497 e. The summed E-state index contributed by atoms with van der Waals surface area (Å²) in [5, 5.41) is 11.9. The van der Waals surface area contributed by atoms with Crippen LogP contribution in [0.2, 0.25) is 0 Å². The molecular weight excluding hydrogens is 360 g/mol. The number of piperazine rings is 1. The lowest BCUT2D eigenvalue weighted by molar-refractivity contribution is -0.307. The number of nitrogens with zero attached hydrogens (tertiary/aromatic N) is 2. The molecule has 2 aromatic carbocycles. The van der Waals surface area contributed by atoms with Crippen LogP contribution in [-0.2, 0) is 5.60 Å². The summed E-state index contributed by atoms with van der Waals surface area (Å²) in [5.41, 5.74) is 1.00. The van der Waals surface area contributed by atoms with Gasteiger partial charge in [-0.25, -0.2) is 0 Å². The van der Waals surface area contributed by atoms with Gasteiger partial charge in [-0.15, -0.1) is 0 Å². The van der Waals surface area contributed by atoms with Gasteiger partial charge in [0.25, 0.3) is 0 Å². The summed E-state index contributed by atoms with van der Waals surface area (Å²) in [4.78, 5) is 5.04. The van der Waals surface area contributed by atoms with Crippen LogP contribution in [0, 0.1) is 10.8 Å². The molecule has 0 unspecified atom stereocenters. The van der Waals surface area contributed by atoms with Crippen LogP contribution in [0.25, 0.3) is 0 Å². The van der Waals surface area contributed by atoms with Gasteiger partial charge in [0.05, 0.1) is 7.11 Å². The Morgan fingerprint density at radius 2 is 1.38 bits per heavy atom. The van der Waals surface area contributed by atoms with E-state index >= 15 is 0 Å². The molecule has 1 heterocycles. The van der Waals surface area contributed by atoms with Crippen LogP contribution in [0.15, 0.2) is 54.6 Å². The molecule has 0 spiro atoms. The fourth-order valence-electron chi connectivity index (χ4n) is 6.42. The maximum Gasteiger partial charge on any atom is 0.119 e. The van der Waals surface area contributed by atoms with E-state index in [1.165, 1.54) is 5.69 Å². The van der Waals surface area contributed by atoms with E-state index in [0.717, 1.165) is 37.5 Å². The SMILES string of the molecule is COc1ccc(N2CCN(C3C(C)(C)C(O)(c4ccccc4)C3(C)C)CC2)cc1. The summed E-state index contributed by atoms with van der Waals surface area (Å²) in [5.74, 6) is 0.894. The molecule has 0 atom stereocenters. The van der Waals surface area contributed by atoms with Crippen molar-refractivity contribution in [2.24, 2.45) is 10.8 Å². The highest BCUT2D eigenvalue weighted by molar-refractivity contribution is 5.49. The van der Waals surface area contributed by atoms with Gasteiger partial charge in [0.1, 0.15) is 11.4 Å². The Balaban J connectivity index is 1.50. The molecule has 1 aliphatic heterocycles. The summed E-state index contributed by atoms with van der Waals surface area (Å²) in [6, 6.07) is 18.9. The number of anilines is 1. The molecule has 2 fully saturated rings. The molecule has 1 aliphatic carbocycles. The lowest BCUT2D eigenvalue weighted by atomic mass is 9.39. The highest BCUT2D eigenvalue weighted by Gasteiger charge is 2.73. The molecule has 156 valence electrons. The van der Waals surface area contributed by atoms with Crippen LogP contribution in [0.5, 0.6) is 5.75 Å². The molecule has 4 rings (SSSR count). The Kier molecular flexibility index (Phi) is 4.91. The first-order chi connectivity index (χ1) is 13.7. The monoisotopic (exact) mass is 394 g/mol. The van der Waals surface area contributed by atoms with Gasteiger partial charge in [-0.2, -0.15) is 0 Å². The van der Waals surface area contributed by atoms with Gasteiger partial charge in [-0.1, -0.05) is 58.0 Å². The van der Waals surface area contributed by atoms with Gasteiger partial charge >= 0.3 is 0 Å². The Morgan fingerprint density at radius 3 is 1.90 bits per heavy atom. The molecule has 4 nitrogen and oxygen atoms in total. The summed E-state index contributed by atoms with van der Waals surface area (Å²) >= 11 is 0. The quantitative estimate of drug-likeness (QED) is 0.845. The summed E-state index contributed by atoms with van der Waals surface area (Å²) < 4.78 is 5.28. The maximum atomic E-state index is 11.9. The number of methoxy groups -OCH3 is 1. The Hall–Kier alpha value is -2.04. The molecular formula is C25H34N2O2.